The average molecular weight is 507 g/mol. The Labute approximate surface area is 223 Å². The molecular formula is C30H34N8. The molecule has 1 aliphatic heterocycles. The number of anilines is 1. The monoisotopic (exact) mass is 506 g/mol. The van der Waals surface area contributed by atoms with Crippen LogP contribution < -0.4 is 4.90 Å². The molecular weight excluding hydrogens is 472 g/mol. The van der Waals surface area contributed by atoms with Gasteiger partial charge in [-0.25, -0.2) is 9.97 Å². The maximum Gasteiger partial charge on any atom is 0.205 e. The molecule has 8 heteroatoms. The summed E-state index contributed by atoms with van der Waals surface area (Å²) in [4.78, 5) is 12.2. The van der Waals surface area contributed by atoms with Gasteiger partial charge >= 0.3 is 0 Å². The SMILES string of the molecule is CCc1nc2c(C)cc(C)nc2n1Cc1ccc(-c2cc(N3CCC[C@@H](C)C3)ccc2-c2nn[nH]n2)cc1. The molecule has 3 aromatic heterocycles. The first-order valence-corrected chi connectivity index (χ1v) is 13.6. The van der Waals surface area contributed by atoms with Gasteiger partial charge in [0.05, 0.1) is 6.54 Å². The summed E-state index contributed by atoms with van der Waals surface area (Å²) < 4.78 is 2.26. The number of nitrogens with one attached hydrogen (secondary N) is 1. The number of imidazole rings is 1. The molecule has 0 aliphatic carbocycles. The number of aryl methyl sites for hydroxylation is 3. The van der Waals surface area contributed by atoms with Crippen molar-refractivity contribution >= 4 is 16.9 Å². The molecule has 0 radical (unpaired) electrons. The number of piperidine rings is 1. The smallest absolute Gasteiger partial charge is 0.205 e. The number of fused-ring (bicyclic) bond motifs is 1. The molecule has 38 heavy (non-hydrogen) atoms. The number of H-pyrrole nitrogens is 1. The van der Waals surface area contributed by atoms with Crippen molar-refractivity contribution in [3.05, 3.63) is 71.2 Å². The first kappa shape index (κ1) is 24.3. The Bertz CT molecular complexity index is 1570. The van der Waals surface area contributed by atoms with Crippen LogP contribution in [-0.2, 0) is 13.0 Å². The summed E-state index contributed by atoms with van der Waals surface area (Å²) in [5.74, 6) is 2.38. The Morgan fingerprint density at radius 1 is 1.00 bits per heavy atom. The van der Waals surface area contributed by atoms with Crippen LogP contribution in [-0.4, -0.2) is 48.2 Å². The number of rotatable bonds is 6. The van der Waals surface area contributed by atoms with Crippen molar-refractivity contribution in [3.8, 4) is 22.5 Å². The van der Waals surface area contributed by atoms with Crippen LogP contribution in [0.1, 0.15) is 49.3 Å². The van der Waals surface area contributed by atoms with Gasteiger partial charge < -0.3 is 9.47 Å². The van der Waals surface area contributed by atoms with E-state index in [1.54, 1.807) is 0 Å². The second-order valence-corrected chi connectivity index (χ2v) is 10.6. The largest absolute Gasteiger partial charge is 0.371 e. The van der Waals surface area contributed by atoms with Gasteiger partial charge in [-0.15, -0.1) is 10.2 Å². The predicted molar refractivity (Wildman–Crippen MR) is 151 cm³/mol. The van der Waals surface area contributed by atoms with E-state index >= 15 is 0 Å². The number of nitrogens with zero attached hydrogens (tertiary/aromatic N) is 7. The first-order chi connectivity index (χ1) is 18.5. The van der Waals surface area contributed by atoms with Crippen molar-refractivity contribution in [2.45, 2.75) is 53.5 Å². The van der Waals surface area contributed by atoms with Gasteiger partial charge in [0.15, 0.2) is 5.65 Å². The molecule has 0 amide bonds. The fourth-order valence-corrected chi connectivity index (χ4v) is 5.72. The molecule has 0 saturated carbocycles. The lowest BCUT2D eigenvalue weighted by atomic mass is 9.95. The zero-order chi connectivity index (χ0) is 26.2. The van der Waals surface area contributed by atoms with Crippen LogP contribution in [0.4, 0.5) is 5.69 Å². The minimum Gasteiger partial charge on any atom is -0.371 e. The summed E-state index contributed by atoms with van der Waals surface area (Å²) in [5.41, 5.74) is 9.84. The molecule has 1 atom stereocenters. The van der Waals surface area contributed by atoms with Crippen LogP contribution in [0.15, 0.2) is 48.5 Å². The lowest BCUT2D eigenvalue weighted by Crippen LogP contribution is -2.34. The first-order valence-electron chi connectivity index (χ1n) is 13.6. The van der Waals surface area contributed by atoms with Gasteiger partial charge in [0, 0.05) is 36.5 Å². The van der Waals surface area contributed by atoms with E-state index in [0.29, 0.717) is 11.7 Å². The Morgan fingerprint density at radius 3 is 2.58 bits per heavy atom. The standard InChI is InChI=1S/C30H34N8/c1-5-27-32-28-20(3)15-21(4)31-30(28)38(27)18-22-8-10-23(11-9-22)26-16-24(37-14-6-7-19(2)17-37)12-13-25(26)29-33-35-36-34-29/h8-13,15-16,19H,5-7,14,17-18H2,1-4H3,(H,33,34,35,36)/t19-/m1/s1. The van der Waals surface area contributed by atoms with E-state index in [9.17, 15) is 0 Å². The number of aromatic amines is 1. The molecule has 4 heterocycles. The molecule has 1 N–H and O–H groups in total. The van der Waals surface area contributed by atoms with Crippen molar-refractivity contribution in [1.29, 1.82) is 0 Å². The van der Waals surface area contributed by atoms with Crippen molar-refractivity contribution < 1.29 is 0 Å². The highest BCUT2D eigenvalue weighted by Crippen LogP contribution is 2.35. The number of hydrogen-bond donors (Lipinski definition) is 1. The van der Waals surface area contributed by atoms with Crippen LogP contribution in [0, 0.1) is 19.8 Å². The van der Waals surface area contributed by atoms with Gasteiger partial charge in [0.25, 0.3) is 0 Å². The maximum atomic E-state index is 4.91. The van der Waals surface area contributed by atoms with E-state index < -0.39 is 0 Å². The zero-order valence-corrected chi connectivity index (χ0v) is 22.6. The van der Waals surface area contributed by atoms with Gasteiger partial charge in [0.1, 0.15) is 11.3 Å². The van der Waals surface area contributed by atoms with Crippen molar-refractivity contribution in [3.63, 3.8) is 0 Å². The van der Waals surface area contributed by atoms with E-state index in [1.165, 1.54) is 29.7 Å². The summed E-state index contributed by atoms with van der Waals surface area (Å²) in [6, 6.07) is 17.5. The number of pyridine rings is 1. The van der Waals surface area contributed by atoms with Gasteiger partial charge in [0.2, 0.25) is 5.82 Å². The third kappa shape index (κ3) is 4.55. The van der Waals surface area contributed by atoms with Gasteiger partial charge in [-0.3, -0.25) is 0 Å². The number of hydrogen-bond acceptors (Lipinski definition) is 6. The quantitative estimate of drug-likeness (QED) is 0.316. The molecule has 0 unspecified atom stereocenters. The second kappa shape index (κ2) is 10.0. The number of tetrazole rings is 1. The van der Waals surface area contributed by atoms with E-state index in [1.807, 2.05) is 6.92 Å². The van der Waals surface area contributed by atoms with Gasteiger partial charge in [-0.2, -0.15) is 5.21 Å². The Morgan fingerprint density at radius 2 is 1.84 bits per heavy atom. The lowest BCUT2D eigenvalue weighted by molar-refractivity contribution is 0.447. The van der Waals surface area contributed by atoms with Crippen LogP contribution in [0.25, 0.3) is 33.7 Å². The fourth-order valence-electron chi connectivity index (χ4n) is 5.72. The van der Waals surface area contributed by atoms with Crippen LogP contribution in [0.2, 0.25) is 0 Å². The van der Waals surface area contributed by atoms with Crippen LogP contribution in [0.5, 0.6) is 0 Å². The highest BCUT2D eigenvalue weighted by molar-refractivity contribution is 5.83. The van der Waals surface area contributed by atoms with E-state index in [-0.39, 0.29) is 0 Å². The summed E-state index contributed by atoms with van der Waals surface area (Å²) >= 11 is 0. The predicted octanol–water partition coefficient (Wildman–Crippen LogP) is 5.74. The Kier molecular flexibility index (Phi) is 6.39. The summed E-state index contributed by atoms with van der Waals surface area (Å²) in [5, 5.41) is 15.0. The van der Waals surface area contributed by atoms with E-state index in [2.05, 4.69) is 99.4 Å². The second-order valence-electron chi connectivity index (χ2n) is 10.6. The lowest BCUT2D eigenvalue weighted by Gasteiger charge is -2.33. The summed E-state index contributed by atoms with van der Waals surface area (Å²) in [6.45, 7) is 11.6. The maximum absolute atomic E-state index is 4.91. The fraction of sp³-hybridized carbons (Fsp3) is 0.367. The Balaban J connectivity index is 1.36. The van der Waals surface area contributed by atoms with Crippen molar-refractivity contribution in [2.75, 3.05) is 18.0 Å². The molecule has 2 aromatic carbocycles. The molecule has 1 aliphatic rings. The highest BCUT2D eigenvalue weighted by Gasteiger charge is 2.20. The molecule has 8 nitrogen and oxygen atoms in total. The third-order valence-electron chi connectivity index (χ3n) is 7.63. The van der Waals surface area contributed by atoms with Gasteiger partial charge in [-0.05, 0) is 84.3 Å². The molecule has 0 bridgehead atoms. The summed E-state index contributed by atoms with van der Waals surface area (Å²) in [7, 11) is 0. The topological polar surface area (TPSA) is 88.4 Å². The molecule has 6 rings (SSSR count). The number of aromatic nitrogens is 7. The zero-order valence-electron chi connectivity index (χ0n) is 22.6. The van der Waals surface area contributed by atoms with Crippen LogP contribution >= 0.6 is 0 Å². The van der Waals surface area contributed by atoms with Gasteiger partial charge in [-0.1, -0.05) is 38.1 Å². The average Bonchev–Trinajstić information content (AvgIpc) is 3.58. The number of benzene rings is 2. The molecule has 194 valence electrons. The van der Waals surface area contributed by atoms with Crippen molar-refractivity contribution in [2.24, 2.45) is 5.92 Å². The molecule has 5 aromatic rings. The molecule has 0 spiro atoms. The molecule has 1 saturated heterocycles. The minimum atomic E-state index is 0.608. The summed E-state index contributed by atoms with van der Waals surface area (Å²) in [6.07, 6.45) is 3.39. The third-order valence-corrected chi connectivity index (χ3v) is 7.63. The van der Waals surface area contributed by atoms with E-state index in [0.717, 1.165) is 65.4 Å². The Hall–Kier alpha value is -4.07. The van der Waals surface area contributed by atoms with Crippen molar-refractivity contribution in [1.82, 2.24) is 35.2 Å². The normalized spacial score (nSPS) is 15.9. The molecule has 1 fully saturated rings. The van der Waals surface area contributed by atoms with Crippen LogP contribution in [0.3, 0.4) is 0 Å². The minimum absolute atomic E-state index is 0.608. The van der Waals surface area contributed by atoms with E-state index in [4.69, 9.17) is 9.97 Å². The highest BCUT2D eigenvalue weighted by atomic mass is 15.5.